The summed E-state index contributed by atoms with van der Waals surface area (Å²) in [6, 6.07) is 0. The number of rotatable bonds is 1. The molecular weight excluding hydrogens is 230 g/mol. The number of amides is 1. The van der Waals surface area contributed by atoms with Crippen LogP contribution in [0.1, 0.15) is 13.3 Å². The Labute approximate surface area is 98.4 Å². The summed E-state index contributed by atoms with van der Waals surface area (Å²) in [4.78, 5) is 11.2. The monoisotopic (exact) mass is 241 g/mol. The molecule has 1 aliphatic carbocycles. The highest BCUT2D eigenvalue weighted by molar-refractivity contribution is 8.14. The van der Waals surface area contributed by atoms with Crippen LogP contribution in [0.3, 0.4) is 0 Å². The molecular formula is C11H12ClNOS. The van der Waals surface area contributed by atoms with Crippen molar-refractivity contribution in [1.29, 1.82) is 0 Å². The Morgan fingerprint density at radius 1 is 1.60 bits per heavy atom. The van der Waals surface area contributed by atoms with E-state index in [-0.39, 0.29) is 10.5 Å². The molecule has 2 rings (SSSR count). The molecule has 1 amide bonds. The fourth-order valence-corrected chi connectivity index (χ4v) is 3.20. The number of carbonyl (C=O) groups is 1. The molecule has 0 radical (unpaired) electrons. The van der Waals surface area contributed by atoms with Gasteiger partial charge in [-0.2, -0.15) is 0 Å². The quantitative estimate of drug-likeness (QED) is 0.762. The van der Waals surface area contributed by atoms with E-state index in [4.69, 9.17) is 11.6 Å². The van der Waals surface area contributed by atoms with E-state index in [1.165, 1.54) is 17.3 Å². The molecule has 2 unspecified atom stereocenters. The number of halogens is 1. The minimum absolute atomic E-state index is 0.0150. The molecule has 2 atom stereocenters. The number of hydrogen-bond acceptors (Lipinski definition) is 2. The van der Waals surface area contributed by atoms with Crippen LogP contribution in [0, 0.1) is 5.92 Å². The van der Waals surface area contributed by atoms with E-state index in [1.807, 2.05) is 12.2 Å². The first-order valence-corrected chi connectivity index (χ1v) is 6.06. The first-order chi connectivity index (χ1) is 7.08. The molecule has 4 heteroatoms. The minimum atomic E-state index is -0.0150. The third-order valence-corrected chi connectivity index (χ3v) is 4.02. The second kappa shape index (κ2) is 4.06. The lowest BCUT2D eigenvalue weighted by Gasteiger charge is -2.23. The van der Waals surface area contributed by atoms with Crippen LogP contribution in [0.4, 0.5) is 4.79 Å². The van der Waals surface area contributed by atoms with Gasteiger partial charge in [-0.15, -0.1) is 0 Å². The highest BCUT2D eigenvalue weighted by Crippen LogP contribution is 2.38. The summed E-state index contributed by atoms with van der Waals surface area (Å²) >= 11 is 7.25. The van der Waals surface area contributed by atoms with E-state index >= 15 is 0 Å². The Morgan fingerprint density at radius 2 is 2.33 bits per heavy atom. The topological polar surface area (TPSA) is 29.1 Å². The molecule has 1 saturated heterocycles. The zero-order valence-corrected chi connectivity index (χ0v) is 9.99. The molecule has 2 nitrogen and oxygen atoms in total. The van der Waals surface area contributed by atoms with E-state index in [0.717, 1.165) is 17.2 Å². The van der Waals surface area contributed by atoms with Gasteiger partial charge in [0.25, 0.3) is 5.24 Å². The van der Waals surface area contributed by atoms with Gasteiger partial charge in [-0.05, 0) is 24.0 Å². The molecule has 0 saturated carbocycles. The van der Waals surface area contributed by atoms with Crippen molar-refractivity contribution in [3.05, 3.63) is 35.0 Å². The lowest BCUT2D eigenvalue weighted by molar-refractivity contribution is 0.263. The SMILES string of the molecule is C=C1NC(=O)SC1C1=CC=C(Cl)CC1C. The maximum Gasteiger partial charge on any atom is 0.284 e. The van der Waals surface area contributed by atoms with Crippen molar-refractivity contribution in [3.8, 4) is 0 Å². The second-order valence-corrected chi connectivity index (χ2v) is 5.38. The number of thioether (sulfide) groups is 1. The average molecular weight is 242 g/mol. The van der Waals surface area contributed by atoms with Gasteiger partial charge in [0.15, 0.2) is 0 Å². The Kier molecular flexibility index (Phi) is 2.94. The van der Waals surface area contributed by atoms with E-state index < -0.39 is 0 Å². The Hall–Kier alpha value is -0.670. The highest BCUT2D eigenvalue weighted by Gasteiger charge is 2.32. The number of allylic oxidation sites excluding steroid dienone is 3. The maximum atomic E-state index is 11.2. The molecule has 2 aliphatic rings. The molecule has 1 heterocycles. The van der Waals surface area contributed by atoms with Crippen molar-refractivity contribution in [2.75, 3.05) is 0 Å². The van der Waals surface area contributed by atoms with Gasteiger partial charge in [0.2, 0.25) is 0 Å². The Morgan fingerprint density at radius 3 is 2.87 bits per heavy atom. The summed E-state index contributed by atoms with van der Waals surface area (Å²) < 4.78 is 0. The molecule has 0 aromatic carbocycles. The fraction of sp³-hybridized carbons (Fsp3) is 0.364. The number of carbonyl (C=O) groups excluding carboxylic acids is 1. The van der Waals surface area contributed by atoms with E-state index in [0.29, 0.717) is 5.92 Å². The van der Waals surface area contributed by atoms with Crippen molar-refractivity contribution < 1.29 is 4.79 Å². The van der Waals surface area contributed by atoms with Gasteiger partial charge in [0.05, 0.1) is 5.25 Å². The fourth-order valence-electron chi connectivity index (χ4n) is 1.85. The van der Waals surface area contributed by atoms with E-state index in [2.05, 4.69) is 18.8 Å². The van der Waals surface area contributed by atoms with Crippen molar-refractivity contribution in [1.82, 2.24) is 5.32 Å². The third-order valence-electron chi connectivity index (χ3n) is 2.63. The third kappa shape index (κ3) is 2.13. The summed E-state index contributed by atoms with van der Waals surface area (Å²) in [6.07, 6.45) is 4.78. The predicted octanol–water partition coefficient (Wildman–Crippen LogP) is 3.41. The van der Waals surface area contributed by atoms with Gasteiger partial charge in [-0.25, -0.2) is 0 Å². The standard InChI is InChI=1S/C11H12ClNOS/c1-6-5-8(12)3-4-9(6)10-7(2)13-11(14)15-10/h3-4,6,10H,2,5H2,1H3,(H,13,14). The summed E-state index contributed by atoms with van der Waals surface area (Å²) in [7, 11) is 0. The van der Waals surface area contributed by atoms with Crippen molar-refractivity contribution >= 4 is 28.6 Å². The van der Waals surface area contributed by atoms with Gasteiger partial charge in [0, 0.05) is 10.7 Å². The zero-order valence-electron chi connectivity index (χ0n) is 8.42. The van der Waals surface area contributed by atoms with Crippen molar-refractivity contribution in [3.63, 3.8) is 0 Å². The van der Waals surface area contributed by atoms with E-state index in [1.54, 1.807) is 0 Å². The molecule has 0 spiro atoms. The molecule has 80 valence electrons. The number of hydrogen-bond donors (Lipinski definition) is 1. The summed E-state index contributed by atoms with van der Waals surface area (Å²) in [5, 5.41) is 3.67. The predicted molar refractivity (Wildman–Crippen MR) is 64.9 cm³/mol. The molecule has 1 fully saturated rings. The molecule has 0 bridgehead atoms. The first kappa shape index (κ1) is 10.8. The van der Waals surface area contributed by atoms with Crippen molar-refractivity contribution in [2.45, 2.75) is 18.6 Å². The van der Waals surface area contributed by atoms with Crippen molar-refractivity contribution in [2.24, 2.45) is 5.92 Å². The molecule has 0 aromatic rings. The smallest absolute Gasteiger partial charge is 0.284 e. The average Bonchev–Trinajstić information content (AvgIpc) is 2.45. The van der Waals surface area contributed by atoms with Crippen LogP contribution in [0.5, 0.6) is 0 Å². The summed E-state index contributed by atoms with van der Waals surface area (Å²) in [6.45, 7) is 5.99. The molecule has 1 aliphatic heterocycles. The van der Waals surface area contributed by atoms with Crippen LogP contribution >= 0.6 is 23.4 Å². The van der Waals surface area contributed by atoms with Crippen LogP contribution in [-0.4, -0.2) is 10.5 Å². The van der Waals surface area contributed by atoms with Gasteiger partial charge in [-0.1, -0.05) is 42.9 Å². The summed E-state index contributed by atoms with van der Waals surface area (Å²) in [5.74, 6) is 0.379. The minimum Gasteiger partial charge on any atom is -0.320 e. The largest absolute Gasteiger partial charge is 0.320 e. The maximum absolute atomic E-state index is 11.2. The molecule has 15 heavy (non-hydrogen) atoms. The molecule has 0 aromatic heterocycles. The lowest BCUT2D eigenvalue weighted by Crippen LogP contribution is -2.18. The van der Waals surface area contributed by atoms with Gasteiger partial charge in [0.1, 0.15) is 0 Å². The van der Waals surface area contributed by atoms with Gasteiger partial charge in [-0.3, -0.25) is 4.79 Å². The lowest BCUT2D eigenvalue weighted by atomic mass is 9.90. The number of nitrogens with one attached hydrogen (secondary N) is 1. The van der Waals surface area contributed by atoms with Crippen LogP contribution in [0.25, 0.3) is 0 Å². The van der Waals surface area contributed by atoms with Gasteiger partial charge >= 0.3 is 0 Å². The Balaban J connectivity index is 2.24. The van der Waals surface area contributed by atoms with Crippen LogP contribution < -0.4 is 5.32 Å². The normalized spacial score (nSPS) is 31.1. The second-order valence-electron chi connectivity index (χ2n) is 3.82. The zero-order chi connectivity index (χ0) is 11.0. The van der Waals surface area contributed by atoms with Crippen LogP contribution in [0.15, 0.2) is 35.0 Å². The van der Waals surface area contributed by atoms with Gasteiger partial charge < -0.3 is 5.32 Å². The summed E-state index contributed by atoms with van der Waals surface area (Å²) in [5.41, 5.74) is 2.02. The van der Waals surface area contributed by atoms with E-state index in [9.17, 15) is 4.79 Å². The highest BCUT2D eigenvalue weighted by atomic mass is 35.5. The Bertz CT molecular complexity index is 386. The first-order valence-electron chi connectivity index (χ1n) is 4.80. The molecule has 1 N–H and O–H groups in total. The van der Waals surface area contributed by atoms with Crippen LogP contribution in [-0.2, 0) is 0 Å². The van der Waals surface area contributed by atoms with Crippen LogP contribution in [0.2, 0.25) is 0 Å².